The summed E-state index contributed by atoms with van der Waals surface area (Å²) in [6.07, 6.45) is 6.17. The zero-order valence-electron chi connectivity index (χ0n) is 16.2. The van der Waals surface area contributed by atoms with E-state index in [9.17, 15) is 18.8 Å². The number of halogens is 1. The van der Waals surface area contributed by atoms with E-state index in [1.165, 1.54) is 49.8 Å². The Kier molecular flexibility index (Phi) is 7.11. The summed E-state index contributed by atoms with van der Waals surface area (Å²) in [5.74, 6) is -1.42. The molecule has 1 aliphatic rings. The molecule has 0 aromatic heterocycles. The molecule has 0 atom stereocenters. The molecule has 3 rings (SSSR count). The van der Waals surface area contributed by atoms with Crippen molar-refractivity contribution in [3.8, 4) is 0 Å². The molecule has 1 fully saturated rings. The number of ketones is 1. The van der Waals surface area contributed by atoms with Gasteiger partial charge >= 0.3 is 5.97 Å². The number of carbonyl (C=O) groups excluding carboxylic acids is 3. The summed E-state index contributed by atoms with van der Waals surface area (Å²) in [5, 5.41) is 2.38. The van der Waals surface area contributed by atoms with E-state index in [1.54, 1.807) is 12.1 Å². The van der Waals surface area contributed by atoms with Crippen LogP contribution in [0.2, 0.25) is 0 Å². The Labute approximate surface area is 169 Å². The maximum Gasteiger partial charge on any atom is 0.325 e. The number of nitrogens with one attached hydrogen (secondary N) is 1. The van der Waals surface area contributed by atoms with Gasteiger partial charge in [0.2, 0.25) is 0 Å². The molecule has 6 heteroatoms. The van der Waals surface area contributed by atoms with Crippen molar-refractivity contribution in [2.45, 2.75) is 38.0 Å². The lowest BCUT2D eigenvalue weighted by Gasteiger charge is -2.22. The second-order valence-corrected chi connectivity index (χ2v) is 7.23. The van der Waals surface area contributed by atoms with Crippen molar-refractivity contribution in [1.82, 2.24) is 5.32 Å². The Morgan fingerprint density at radius 1 is 0.897 bits per heavy atom. The van der Waals surface area contributed by atoms with E-state index in [-0.39, 0.29) is 24.5 Å². The van der Waals surface area contributed by atoms with Crippen LogP contribution in [0.15, 0.2) is 48.5 Å². The zero-order chi connectivity index (χ0) is 20.6. The van der Waals surface area contributed by atoms with Gasteiger partial charge in [0.1, 0.15) is 12.4 Å². The second-order valence-electron chi connectivity index (χ2n) is 7.23. The maximum atomic E-state index is 12.9. The van der Waals surface area contributed by atoms with Crippen LogP contribution in [0.4, 0.5) is 4.39 Å². The third-order valence-electron chi connectivity index (χ3n) is 5.17. The van der Waals surface area contributed by atoms with Gasteiger partial charge in [-0.1, -0.05) is 43.5 Å². The topological polar surface area (TPSA) is 72.5 Å². The Bertz CT molecular complexity index is 855. The Balaban J connectivity index is 1.43. The van der Waals surface area contributed by atoms with Crippen LogP contribution in [-0.2, 0) is 9.53 Å². The molecule has 1 N–H and O–H groups in total. The molecule has 0 bridgehead atoms. The first kappa shape index (κ1) is 20.7. The Morgan fingerprint density at radius 2 is 1.52 bits per heavy atom. The minimum atomic E-state index is -0.715. The molecule has 152 valence electrons. The van der Waals surface area contributed by atoms with Gasteiger partial charge in [-0.2, -0.15) is 0 Å². The van der Waals surface area contributed by atoms with Gasteiger partial charge in [0.05, 0.1) is 0 Å². The first-order chi connectivity index (χ1) is 14.0. The molecule has 0 spiro atoms. The van der Waals surface area contributed by atoms with E-state index < -0.39 is 17.7 Å². The van der Waals surface area contributed by atoms with Crippen molar-refractivity contribution in [2.24, 2.45) is 0 Å². The highest BCUT2D eigenvalue weighted by molar-refractivity contribution is 5.98. The lowest BCUT2D eigenvalue weighted by Crippen LogP contribution is -2.31. The molecule has 0 saturated heterocycles. The van der Waals surface area contributed by atoms with Gasteiger partial charge in [-0.3, -0.25) is 14.4 Å². The van der Waals surface area contributed by atoms with Crippen LogP contribution in [0.1, 0.15) is 64.3 Å². The number of amides is 1. The summed E-state index contributed by atoms with van der Waals surface area (Å²) < 4.78 is 17.8. The third-order valence-corrected chi connectivity index (χ3v) is 5.17. The summed E-state index contributed by atoms with van der Waals surface area (Å²) in [6.45, 7) is -0.752. The first-order valence-corrected chi connectivity index (χ1v) is 9.85. The average molecular weight is 397 g/mol. The number of Topliss-reactive ketones (excluding diaryl/α,β-unsaturated/α-hetero) is 1. The smallest absolute Gasteiger partial charge is 0.325 e. The SMILES string of the molecule is O=C(CNC(=O)c1ccc(F)cc1)OCC(=O)c1ccc(C2CCCCC2)cc1. The Hall–Kier alpha value is -3.02. The van der Waals surface area contributed by atoms with Gasteiger partial charge in [-0.15, -0.1) is 0 Å². The quantitative estimate of drug-likeness (QED) is 0.566. The number of hydrogen-bond donors (Lipinski definition) is 1. The second kappa shape index (κ2) is 9.96. The molecule has 1 aliphatic carbocycles. The van der Waals surface area contributed by atoms with Crippen LogP contribution in [-0.4, -0.2) is 30.8 Å². The molecule has 2 aromatic rings. The first-order valence-electron chi connectivity index (χ1n) is 9.85. The zero-order valence-corrected chi connectivity index (χ0v) is 16.2. The highest BCUT2D eigenvalue weighted by Crippen LogP contribution is 2.32. The van der Waals surface area contributed by atoms with Crippen molar-refractivity contribution >= 4 is 17.7 Å². The molecule has 2 aromatic carbocycles. The monoisotopic (exact) mass is 397 g/mol. The molecule has 5 nitrogen and oxygen atoms in total. The van der Waals surface area contributed by atoms with Crippen molar-refractivity contribution in [3.63, 3.8) is 0 Å². The molecule has 0 heterocycles. The maximum absolute atomic E-state index is 12.9. The van der Waals surface area contributed by atoms with Gasteiger partial charge in [0, 0.05) is 11.1 Å². The number of benzene rings is 2. The average Bonchev–Trinajstić information content (AvgIpc) is 2.77. The molecule has 1 amide bonds. The minimum absolute atomic E-state index is 0.230. The fourth-order valence-corrected chi connectivity index (χ4v) is 3.51. The van der Waals surface area contributed by atoms with Gasteiger partial charge in [-0.25, -0.2) is 4.39 Å². The van der Waals surface area contributed by atoms with Crippen LogP contribution in [0, 0.1) is 5.82 Å². The van der Waals surface area contributed by atoms with E-state index in [2.05, 4.69) is 5.32 Å². The van der Waals surface area contributed by atoms with Crippen LogP contribution < -0.4 is 5.32 Å². The number of ether oxygens (including phenoxy) is 1. The molecule has 0 unspecified atom stereocenters. The van der Waals surface area contributed by atoms with E-state index in [0.717, 1.165) is 12.1 Å². The van der Waals surface area contributed by atoms with Crippen LogP contribution in [0.25, 0.3) is 0 Å². The molecule has 1 saturated carbocycles. The fourth-order valence-electron chi connectivity index (χ4n) is 3.51. The van der Waals surface area contributed by atoms with E-state index in [0.29, 0.717) is 11.5 Å². The highest BCUT2D eigenvalue weighted by atomic mass is 19.1. The molecular weight excluding hydrogens is 373 g/mol. The van der Waals surface area contributed by atoms with Crippen LogP contribution >= 0.6 is 0 Å². The van der Waals surface area contributed by atoms with Crippen molar-refractivity contribution in [2.75, 3.05) is 13.2 Å². The predicted molar refractivity (Wildman–Crippen MR) is 106 cm³/mol. The standard InChI is InChI=1S/C23H24FNO4/c24-20-12-10-19(11-13-20)23(28)25-14-22(27)29-15-21(26)18-8-6-17(7-9-18)16-4-2-1-3-5-16/h6-13,16H,1-5,14-15H2,(H,25,28). The summed E-state index contributed by atoms with van der Waals surface area (Å²) in [4.78, 5) is 35.9. The number of carbonyl (C=O) groups is 3. The summed E-state index contributed by atoms with van der Waals surface area (Å²) in [5.41, 5.74) is 1.97. The van der Waals surface area contributed by atoms with E-state index in [1.807, 2.05) is 12.1 Å². The lowest BCUT2D eigenvalue weighted by molar-refractivity contribution is -0.141. The Morgan fingerprint density at radius 3 is 2.17 bits per heavy atom. The molecule has 0 radical (unpaired) electrons. The van der Waals surface area contributed by atoms with E-state index >= 15 is 0 Å². The highest BCUT2D eigenvalue weighted by Gasteiger charge is 2.16. The van der Waals surface area contributed by atoms with Gasteiger partial charge in [-0.05, 0) is 48.6 Å². The van der Waals surface area contributed by atoms with Gasteiger partial charge in [0.25, 0.3) is 5.91 Å². The van der Waals surface area contributed by atoms with Crippen LogP contribution in [0.3, 0.4) is 0 Å². The normalized spacial score (nSPS) is 14.2. The predicted octanol–water partition coefficient (Wildman–Crippen LogP) is 4.03. The molecule has 29 heavy (non-hydrogen) atoms. The van der Waals surface area contributed by atoms with Crippen molar-refractivity contribution in [3.05, 3.63) is 71.0 Å². The number of esters is 1. The number of hydrogen-bond acceptors (Lipinski definition) is 4. The van der Waals surface area contributed by atoms with Crippen molar-refractivity contribution < 1.29 is 23.5 Å². The van der Waals surface area contributed by atoms with E-state index in [4.69, 9.17) is 4.74 Å². The summed E-state index contributed by atoms with van der Waals surface area (Å²) in [6, 6.07) is 12.5. The molecular formula is C23H24FNO4. The summed E-state index contributed by atoms with van der Waals surface area (Å²) in [7, 11) is 0. The minimum Gasteiger partial charge on any atom is -0.456 e. The largest absolute Gasteiger partial charge is 0.456 e. The van der Waals surface area contributed by atoms with Gasteiger partial charge < -0.3 is 10.1 Å². The lowest BCUT2D eigenvalue weighted by atomic mass is 9.84. The molecule has 0 aliphatic heterocycles. The third kappa shape index (κ3) is 5.98. The number of rotatable bonds is 7. The van der Waals surface area contributed by atoms with Crippen LogP contribution in [0.5, 0.6) is 0 Å². The summed E-state index contributed by atoms with van der Waals surface area (Å²) >= 11 is 0. The van der Waals surface area contributed by atoms with Crippen molar-refractivity contribution in [1.29, 1.82) is 0 Å². The fraction of sp³-hybridized carbons (Fsp3) is 0.348. The van der Waals surface area contributed by atoms with Gasteiger partial charge in [0.15, 0.2) is 12.4 Å².